The van der Waals surface area contributed by atoms with Gasteiger partial charge in [-0.3, -0.25) is 14.5 Å². The molecule has 98 valence electrons. The molecule has 0 spiro atoms. The first-order valence-electron chi connectivity index (χ1n) is 6.42. The van der Waals surface area contributed by atoms with Crippen molar-refractivity contribution in [2.45, 2.75) is 13.1 Å². The molecule has 0 saturated heterocycles. The van der Waals surface area contributed by atoms with Crippen LogP contribution < -0.4 is 10.2 Å². The molecule has 3 heterocycles. The standard InChI is InChI=1S/C15H11N3O2/c19-14-13-9(7-16-14)5-6-12(17-13)18-8-10-3-1-2-4-11(10)15(18)20/h1-6H,7-8H2,(H,16,19). The normalized spacial score (nSPS) is 16.1. The van der Waals surface area contributed by atoms with Crippen molar-refractivity contribution < 1.29 is 9.59 Å². The minimum atomic E-state index is -0.175. The molecule has 2 aliphatic rings. The van der Waals surface area contributed by atoms with Crippen molar-refractivity contribution in [1.82, 2.24) is 10.3 Å². The van der Waals surface area contributed by atoms with Gasteiger partial charge in [-0.2, -0.15) is 0 Å². The fraction of sp³-hybridized carbons (Fsp3) is 0.133. The Kier molecular flexibility index (Phi) is 2.18. The summed E-state index contributed by atoms with van der Waals surface area (Å²) in [5.41, 5.74) is 3.00. The number of benzene rings is 1. The molecule has 4 rings (SSSR count). The molecule has 0 bridgehead atoms. The predicted molar refractivity (Wildman–Crippen MR) is 72.4 cm³/mol. The molecule has 5 nitrogen and oxygen atoms in total. The number of fused-ring (bicyclic) bond motifs is 2. The SMILES string of the molecule is O=C1NCc2ccc(N3Cc4ccccc4C3=O)nc21. The van der Waals surface area contributed by atoms with Crippen LogP contribution in [0.25, 0.3) is 0 Å². The lowest BCUT2D eigenvalue weighted by atomic mass is 10.1. The third-order valence-corrected chi connectivity index (χ3v) is 3.72. The first-order valence-corrected chi connectivity index (χ1v) is 6.42. The highest BCUT2D eigenvalue weighted by atomic mass is 16.2. The summed E-state index contributed by atoms with van der Waals surface area (Å²) < 4.78 is 0. The van der Waals surface area contributed by atoms with Gasteiger partial charge in [0, 0.05) is 17.7 Å². The monoisotopic (exact) mass is 265 g/mol. The summed E-state index contributed by atoms with van der Waals surface area (Å²) in [5, 5.41) is 2.73. The van der Waals surface area contributed by atoms with Gasteiger partial charge < -0.3 is 5.32 Å². The zero-order valence-electron chi connectivity index (χ0n) is 10.6. The van der Waals surface area contributed by atoms with Gasteiger partial charge in [0.05, 0.1) is 6.54 Å². The summed E-state index contributed by atoms with van der Waals surface area (Å²) in [4.78, 5) is 30.0. The molecule has 2 aliphatic heterocycles. The van der Waals surface area contributed by atoms with E-state index in [1.165, 1.54) is 0 Å². The molecule has 5 heteroatoms. The number of nitrogens with one attached hydrogen (secondary N) is 1. The number of amides is 2. The lowest BCUT2D eigenvalue weighted by molar-refractivity contribution is 0.0957. The second-order valence-corrected chi connectivity index (χ2v) is 4.91. The highest BCUT2D eigenvalue weighted by Crippen LogP contribution is 2.28. The lowest BCUT2D eigenvalue weighted by Gasteiger charge is -2.15. The van der Waals surface area contributed by atoms with Crippen molar-refractivity contribution in [3.8, 4) is 0 Å². The molecular formula is C15H11N3O2. The number of hydrogen-bond donors (Lipinski definition) is 1. The van der Waals surface area contributed by atoms with Gasteiger partial charge >= 0.3 is 0 Å². The predicted octanol–water partition coefficient (Wildman–Crippen LogP) is 1.49. The van der Waals surface area contributed by atoms with Crippen LogP contribution in [0.5, 0.6) is 0 Å². The van der Waals surface area contributed by atoms with Crippen LogP contribution in [0.15, 0.2) is 36.4 Å². The Balaban J connectivity index is 1.76. The zero-order chi connectivity index (χ0) is 13.7. The Bertz CT molecular complexity index is 755. The summed E-state index contributed by atoms with van der Waals surface area (Å²) in [7, 11) is 0. The minimum absolute atomic E-state index is 0.0635. The van der Waals surface area contributed by atoms with E-state index < -0.39 is 0 Å². The van der Waals surface area contributed by atoms with Crippen LogP contribution in [0, 0.1) is 0 Å². The molecule has 0 radical (unpaired) electrons. The van der Waals surface area contributed by atoms with Gasteiger partial charge in [-0.15, -0.1) is 0 Å². The maximum absolute atomic E-state index is 12.4. The molecule has 1 aromatic carbocycles. The van der Waals surface area contributed by atoms with Crippen LogP contribution in [0.4, 0.5) is 5.82 Å². The molecule has 0 saturated carbocycles. The number of carbonyl (C=O) groups is 2. The van der Waals surface area contributed by atoms with E-state index in [0.717, 1.165) is 11.1 Å². The Labute approximate surface area is 115 Å². The smallest absolute Gasteiger partial charge is 0.270 e. The van der Waals surface area contributed by atoms with Crippen LogP contribution >= 0.6 is 0 Å². The van der Waals surface area contributed by atoms with Gasteiger partial charge in [0.25, 0.3) is 11.8 Å². The number of aromatic nitrogens is 1. The first kappa shape index (κ1) is 11.2. The van der Waals surface area contributed by atoms with Gasteiger partial charge in [-0.25, -0.2) is 4.98 Å². The molecule has 20 heavy (non-hydrogen) atoms. The third kappa shape index (κ3) is 1.46. The van der Waals surface area contributed by atoms with E-state index in [9.17, 15) is 9.59 Å². The van der Waals surface area contributed by atoms with E-state index in [1.54, 1.807) is 11.0 Å². The molecular weight excluding hydrogens is 254 g/mol. The van der Waals surface area contributed by atoms with E-state index in [4.69, 9.17) is 0 Å². The average Bonchev–Trinajstić information content (AvgIpc) is 3.01. The van der Waals surface area contributed by atoms with Crippen LogP contribution in [0.2, 0.25) is 0 Å². The summed E-state index contributed by atoms with van der Waals surface area (Å²) in [6, 6.07) is 11.2. The van der Waals surface area contributed by atoms with Gasteiger partial charge in [0.2, 0.25) is 0 Å². The second-order valence-electron chi connectivity index (χ2n) is 4.91. The van der Waals surface area contributed by atoms with Crippen molar-refractivity contribution in [2.24, 2.45) is 0 Å². The second kappa shape index (κ2) is 3.90. The molecule has 0 fully saturated rings. The first-order chi connectivity index (χ1) is 9.74. The van der Waals surface area contributed by atoms with Crippen molar-refractivity contribution >= 4 is 17.6 Å². The van der Waals surface area contributed by atoms with Crippen LogP contribution in [0.1, 0.15) is 32.0 Å². The van der Waals surface area contributed by atoms with Gasteiger partial charge in [0.1, 0.15) is 11.5 Å². The van der Waals surface area contributed by atoms with E-state index in [-0.39, 0.29) is 11.8 Å². The van der Waals surface area contributed by atoms with E-state index in [2.05, 4.69) is 10.3 Å². The third-order valence-electron chi connectivity index (χ3n) is 3.72. The van der Waals surface area contributed by atoms with Crippen LogP contribution in [-0.2, 0) is 13.1 Å². The van der Waals surface area contributed by atoms with Crippen molar-refractivity contribution in [2.75, 3.05) is 4.90 Å². The average molecular weight is 265 g/mol. The molecule has 2 aromatic rings. The van der Waals surface area contributed by atoms with Gasteiger partial charge in [0.15, 0.2) is 0 Å². The fourth-order valence-electron chi connectivity index (χ4n) is 2.67. The number of pyridine rings is 1. The Morgan fingerprint density at radius 1 is 1.05 bits per heavy atom. The summed E-state index contributed by atoms with van der Waals surface area (Å²) in [6.07, 6.45) is 0. The summed E-state index contributed by atoms with van der Waals surface area (Å²) in [5.74, 6) is 0.291. The zero-order valence-corrected chi connectivity index (χ0v) is 10.6. The van der Waals surface area contributed by atoms with E-state index in [0.29, 0.717) is 30.2 Å². The summed E-state index contributed by atoms with van der Waals surface area (Å²) in [6.45, 7) is 1.01. The number of carbonyl (C=O) groups excluding carboxylic acids is 2. The van der Waals surface area contributed by atoms with Crippen molar-refractivity contribution in [3.05, 3.63) is 58.8 Å². The van der Waals surface area contributed by atoms with Gasteiger partial charge in [-0.05, 0) is 17.7 Å². The maximum atomic E-state index is 12.4. The maximum Gasteiger partial charge on any atom is 0.270 e. The Morgan fingerprint density at radius 2 is 1.90 bits per heavy atom. The number of hydrogen-bond acceptors (Lipinski definition) is 3. The van der Waals surface area contributed by atoms with E-state index >= 15 is 0 Å². The highest BCUT2D eigenvalue weighted by molar-refractivity contribution is 6.09. The molecule has 0 unspecified atom stereocenters. The van der Waals surface area contributed by atoms with Gasteiger partial charge in [-0.1, -0.05) is 24.3 Å². The minimum Gasteiger partial charge on any atom is -0.347 e. The van der Waals surface area contributed by atoms with Crippen molar-refractivity contribution in [1.29, 1.82) is 0 Å². The largest absolute Gasteiger partial charge is 0.347 e. The molecule has 0 aliphatic carbocycles. The highest BCUT2D eigenvalue weighted by Gasteiger charge is 2.30. The lowest BCUT2D eigenvalue weighted by Crippen LogP contribution is -2.24. The molecule has 0 atom stereocenters. The summed E-state index contributed by atoms with van der Waals surface area (Å²) >= 11 is 0. The van der Waals surface area contributed by atoms with Crippen molar-refractivity contribution in [3.63, 3.8) is 0 Å². The van der Waals surface area contributed by atoms with Crippen LogP contribution in [0.3, 0.4) is 0 Å². The fourth-order valence-corrected chi connectivity index (χ4v) is 2.67. The van der Waals surface area contributed by atoms with E-state index in [1.807, 2.05) is 30.3 Å². The number of anilines is 1. The van der Waals surface area contributed by atoms with Crippen LogP contribution in [-0.4, -0.2) is 16.8 Å². The molecule has 2 amide bonds. The molecule has 1 N–H and O–H groups in total. The number of nitrogens with zero attached hydrogens (tertiary/aromatic N) is 2. The Morgan fingerprint density at radius 3 is 2.75 bits per heavy atom. The Hall–Kier alpha value is -2.69. The number of rotatable bonds is 1. The molecule has 1 aromatic heterocycles. The topological polar surface area (TPSA) is 62.3 Å². The quantitative estimate of drug-likeness (QED) is 0.849.